The fourth-order valence-electron chi connectivity index (χ4n) is 1.93. The van der Waals surface area contributed by atoms with Crippen LogP contribution in [0.4, 0.5) is 13.2 Å². The normalized spacial score (nSPS) is 16.4. The Kier molecular flexibility index (Phi) is 4.72. The monoisotopic (exact) mass is 303 g/mol. The van der Waals surface area contributed by atoms with Crippen molar-refractivity contribution in [2.75, 3.05) is 6.61 Å². The van der Waals surface area contributed by atoms with Gasteiger partial charge in [-0.3, -0.25) is 5.32 Å². The molecule has 0 radical (unpaired) electrons. The lowest BCUT2D eigenvalue weighted by molar-refractivity contribution is -0.275. The second-order valence-electron chi connectivity index (χ2n) is 4.71. The van der Waals surface area contributed by atoms with E-state index in [0.29, 0.717) is 0 Å². The highest BCUT2D eigenvalue weighted by molar-refractivity contribution is 5.78. The Balaban J connectivity index is 2.27. The van der Waals surface area contributed by atoms with Crippen LogP contribution in [0.25, 0.3) is 0 Å². The summed E-state index contributed by atoms with van der Waals surface area (Å²) in [5.41, 5.74) is 0.125. The number of alkyl halides is 3. The van der Waals surface area contributed by atoms with Crippen molar-refractivity contribution in [3.8, 4) is 5.75 Å². The van der Waals surface area contributed by atoms with Gasteiger partial charge >= 0.3 is 12.3 Å². The Labute approximate surface area is 120 Å². The first kappa shape index (κ1) is 15.6. The molecular weight excluding hydrogens is 287 g/mol. The van der Waals surface area contributed by atoms with Gasteiger partial charge in [0.15, 0.2) is 0 Å². The van der Waals surface area contributed by atoms with Crippen molar-refractivity contribution in [2.24, 2.45) is 0 Å². The molecule has 1 aliphatic carbocycles. The van der Waals surface area contributed by atoms with E-state index in [9.17, 15) is 18.0 Å². The molecule has 0 aliphatic heterocycles. The van der Waals surface area contributed by atoms with Gasteiger partial charge in [-0.15, -0.1) is 13.2 Å². The maximum atomic E-state index is 12.4. The fraction of sp³-hybridized carbons (Fsp3) is 0.500. The molecule has 0 spiro atoms. The Bertz CT molecular complexity index is 500. The van der Waals surface area contributed by atoms with E-state index in [1.807, 2.05) is 0 Å². The van der Waals surface area contributed by atoms with Gasteiger partial charge in [0.25, 0.3) is 0 Å². The highest BCUT2D eigenvalue weighted by Gasteiger charge is 2.36. The van der Waals surface area contributed by atoms with E-state index in [0.717, 1.165) is 12.8 Å². The van der Waals surface area contributed by atoms with Crippen LogP contribution < -0.4 is 10.1 Å². The molecule has 0 amide bonds. The zero-order valence-corrected chi connectivity index (χ0v) is 11.4. The van der Waals surface area contributed by atoms with Gasteiger partial charge in [0.05, 0.1) is 6.61 Å². The number of para-hydroxylation sites is 1. The third-order valence-corrected chi connectivity index (χ3v) is 2.96. The molecule has 2 rings (SSSR count). The first-order valence-electron chi connectivity index (χ1n) is 6.68. The molecule has 0 heterocycles. The maximum absolute atomic E-state index is 12.4. The van der Waals surface area contributed by atoms with Crippen molar-refractivity contribution in [3.05, 3.63) is 29.8 Å². The van der Waals surface area contributed by atoms with Crippen LogP contribution in [-0.4, -0.2) is 25.0 Å². The van der Waals surface area contributed by atoms with E-state index in [1.165, 1.54) is 18.2 Å². The van der Waals surface area contributed by atoms with Crippen LogP contribution in [0.3, 0.4) is 0 Å². The van der Waals surface area contributed by atoms with Gasteiger partial charge in [0.1, 0.15) is 11.8 Å². The highest BCUT2D eigenvalue weighted by atomic mass is 19.4. The van der Waals surface area contributed by atoms with Crippen molar-refractivity contribution in [1.82, 2.24) is 5.32 Å². The molecule has 1 aromatic carbocycles. The predicted molar refractivity (Wildman–Crippen MR) is 68.7 cm³/mol. The summed E-state index contributed by atoms with van der Waals surface area (Å²) in [6, 6.07) is 4.75. The number of hydrogen-bond acceptors (Lipinski definition) is 4. The molecule has 0 aromatic heterocycles. The largest absolute Gasteiger partial charge is 0.573 e. The van der Waals surface area contributed by atoms with Crippen LogP contribution in [0.5, 0.6) is 5.75 Å². The van der Waals surface area contributed by atoms with Gasteiger partial charge in [-0.2, -0.15) is 0 Å². The van der Waals surface area contributed by atoms with Crippen molar-refractivity contribution < 1.29 is 27.4 Å². The molecule has 7 heteroatoms. The summed E-state index contributed by atoms with van der Waals surface area (Å²) in [6.45, 7) is 1.80. The van der Waals surface area contributed by atoms with Crippen molar-refractivity contribution in [2.45, 2.75) is 38.2 Å². The Hall–Kier alpha value is -1.76. The molecule has 1 N–H and O–H groups in total. The minimum absolute atomic E-state index is 0.123. The number of rotatable bonds is 6. The van der Waals surface area contributed by atoms with Crippen molar-refractivity contribution >= 4 is 5.97 Å². The van der Waals surface area contributed by atoms with Crippen LogP contribution in [-0.2, 0) is 9.53 Å². The summed E-state index contributed by atoms with van der Waals surface area (Å²) in [5.74, 6) is -1.00. The zero-order valence-electron chi connectivity index (χ0n) is 11.4. The summed E-state index contributed by atoms with van der Waals surface area (Å²) in [4.78, 5) is 12.0. The first-order valence-corrected chi connectivity index (χ1v) is 6.68. The first-order chi connectivity index (χ1) is 9.90. The van der Waals surface area contributed by atoms with Crippen molar-refractivity contribution in [3.63, 3.8) is 0 Å². The summed E-state index contributed by atoms with van der Waals surface area (Å²) >= 11 is 0. The Morgan fingerprint density at radius 3 is 2.62 bits per heavy atom. The predicted octanol–water partition coefficient (Wildman–Crippen LogP) is 2.94. The molecule has 0 bridgehead atoms. The number of carbonyl (C=O) groups excluding carboxylic acids is 1. The molecule has 0 saturated heterocycles. The summed E-state index contributed by atoms with van der Waals surface area (Å²) in [5, 5.41) is 3.00. The van der Waals surface area contributed by atoms with Crippen molar-refractivity contribution in [1.29, 1.82) is 0 Å². The number of halogens is 3. The summed E-state index contributed by atoms with van der Waals surface area (Å²) in [7, 11) is 0. The highest BCUT2D eigenvalue weighted by Crippen LogP contribution is 2.33. The smallest absolute Gasteiger partial charge is 0.465 e. The Morgan fingerprint density at radius 2 is 2.05 bits per heavy atom. The lowest BCUT2D eigenvalue weighted by atomic mass is 10.1. The molecule has 116 valence electrons. The second kappa shape index (κ2) is 6.34. The molecule has 1 aromatic rings. The fourth-order valence-corrected chi connectivity index (χ4v) is 1.93. The molecule has 4 nitrogen and oxygen atoms in total. The van der Waals surface area contributed by atoms with Gasteiger partial charge in [0.2, 0.25) is 0 Å². The number of benzene rings is 1. The SMILES string of the molecule is CCOC(=O)C(NC1CC1)c1ccccc1OC(F)(F)F. The van der Waals surface area contributed by atoms with E-state index in [1.54, 1.807) is 13.0 Å². The maximum Gasteiger partial charge on any atom is 0.573 e. The van der Waals surface area contributed by atoms with Gasteiger partial charge in [-0.25, -0.2) is 4.79 Å². The standard InChI is InChI=1S/C14H16F3NO3/c1-2-20-13(19)12(18-9-7-8-9)10-5-3-4-6-11(10)21-14(15,16)17/h3-6,9,12,18H,2,7-8H2,1H3. The average Bonchev–Trinajstić information content (AvgIpc) is 3.19. The van der Waals surface area contributed by atoms with Gasteiger partial charge in [0, 0.05) is 11.6 Å². The van der Waals surface area contributed by atoms with E-state index in [4.69, 9.17) is 4.74 Å². The van der Waals surface area contributed by atoms with Crippen LogP contribution in [0.1, 0.15) is 31.4 Å². The van der Waals surface area contributed by atoms with Crippen LogP contribution >= 0.6 is 0 Å². The molecule has 1 unspecified atom stereocenters. The Morgan fingerprint density at radius 1 is 1.38 bits per heavy atom. The molecule has 1 atom stereocenters. The second-order valence-corrected chi connectivity index (χ2v) is 4.71. The lowest BCUT2D eigenvalue weighted by Gasteiger charge is -2.20. The molecule has 1 fully saturated rings. The molecule has 1 saturated carbocycles. The van der Waals surface area contributed by atoms with Gasteiger partial charge in [-0.05, 0) is 25.8 Å². The van der Waals surface area contributed by atoms with E-state index < -0.39 is 24.1 Å². The van der Waals surface area contributed by atoms with E-state index in [-0.39, 0.29) is 18.2 Å². The number of carbonyl (C=O) groups is 1. The third-order valence-electron chi connectivity index (χ3n) is 2.96. The number of nitrogens with one attached hydrogen (secondary N) is 1. The van der Waals surface area contributed by atoms with Gasteiger partial charge < -0.3 is 9.47 Å². The quantitative estimate of drug-likeness (QED) is 0.821. The van der Waals surface area contributed by atoms with Gasteiger partial charge in [-0.1, -0.05) is 18.2 Å². The third kappa shape index (κ3) is 4.63. The van der Waals surface area contributed by atoms with Crippen LogP contribution in [0.2, 0.25) is 0 Å². The summed E-state index contributed by atoms with van der Waals surface area (Å²) in [6.07, 6.45) is -3.04. The number of ether oxygens (including phenoxy) is 2. The van der Waals surface area contributed by atoms with E-state index >= 15 is 0 Å². The summed E-state index contributed by atoms with van der Waals surface area (Å²) < 4.78 is 46.3. The lowest BCUT2D eigenvalue weighted by Crippen LogP contribution is -2.32. The number of hydrogen-bond donors (Lipinski definition) is 1. The topological polar surface area (TPSA) is 47.6 Å². The average molecular weight is 303 g/mol. The minimum atomic E-state index is -4.81. The van der Waals surface area contributed by atoms with Crippen LogP contribution in [0.15, 0.2) is 24.3 Å². The molecule has 1 aliphatic rings. The molecule has 21 heavy (non-hydrogen) atoms. The number of esters is 1. The molecular formula is C14H16F3NO3. The minimum Gasteiger partial charge on any atom is -0.465 e. The zero-order chi connectivity index (χ0) is 15.5. The van der Waals surface area contributed by atoms with Crippen LogP contribution in [0, 0.1) is 0 Å². The van der Waals surface area contributed by atoms with E-state index in [2.05, 4.69) is 10.1 Å².